The lowest BCUT2D eigenvalue weighted by Gasteiger charge is -2.34. The molecule has 1 unspecified atom stereocenters. The molecule has 1 aliphatic heterocycles. The largest absolute Gasteiger partial charge is 0.350 e. The fourth-order valence-electron chi connectivity index (χ4n) is 4.68. The molecule has 1 saturated heterocycles. The zero-order valence-electron chi connectivity index (χ0n) is 22.2. The van der Waals surface area contributed by atoms with Crippen LogP contribution in [0.4, 0.5) is 0 Å². The number of aromatic nitrogens is 1. The van der Waals surface area contributed by atoms with E-state index in [4.69, 9.17) is 15.4 Å². The first-order valence-corrected chi connectivity index (χ1v) is 15.4. The van der Waals surface area contributed by atoms with Crippen molar-refractivity contribution in [1.29, 1.82) is 0 Å². The van der Waals surface area contributed by atoms with Gasteiger partial charge in [-0.15, -0.1) is 11.3 Å². The van der Waals surface area contributed by atoms with Gasteiger partial charge in [0.2, 0.25) is 0 Å². The number of benzene rings is 1. The number of carbonyl (C=O) groups is 3. The van der Waals surface area contributed by atoms with Crippen LogP contribution in [0.3, 0.4) is 0 Å². The molecular weight excluding hydrogens is 546 g/mol. The molecule has 5 N–H and O–H groups in total. The van der Waals surface area contributed by atoms with Crippen LogP contribution in [0, 0.1) is 6.92 Å². The average molecular weight is 582 g/mol. The minimum Gasteiger partial charge on any atom is -0.350 e. The Hall–Kier alpha value is -2.91. The van der Waals surface area contributed by atoms with Crippen LogP contribution < -0.4 is 22.1 Å². The van der Waals surface area contributed by atoms with Crippen LogP contribution in [0.25, 0.3) is 0 Å². The number of aryl methyl sites for hydroxylation is 1. The smallest absolute Gasteiger partial charge is 0.280 e. The highest BCUT2D eigenvalue weighted by Crippen LogP contribution is 2.40. The predicted molar refractivity (Wildman–Crippen MR) is 145 cm³/mol. The van der Waals surface area contributed by atoms with Gasteiger partial charge in [0.25, 0.3) is 17.7 Å². The van der Waals surface area contributed by atoms with E-state index in [1.165, 1.54) is 12.3 Å². The summed E-state index contributed by atoms with van der Waals surface area (Å²) in [6.07, 6.45) is 4.40. The second kappa shape index (κ2) is 13.4. The Morgan fingerprint density at radius 1 is 1.31 bits per heavy atom. The summed E-state index contributed by atoms with van der Waals surface area (Å²) < 4.78 is 30.0. The molecule has 0 saturated carbocycles. The Bertz CT molecular complexity index is 1260. The van der Waals surface area contributed by atoms with Crippen LogP contribution in [0.1, 0.15) is 71.4 Å². The first kappa shape index (κ1) is 30.6. The lowest BCUT2D eigenvalue weighted by atomic mass is 9.82. The molecular formula is C25H35N5O7S2. The molecule has 0 spiro atoms. The fraction of sp³-hybridized carbons (Fsp3) is 0.520. The van der Waals surface area contributed by atoms with Crippen LogP contribution in [0.2, 0.25) is 0 Å². The highest BCUT2D eigenvalue weighted by atomic mass is 32.2. The topological polar surface area (TPSA) is 179 Å². The van der Waals surface area contributed by atoms with Crippen molar-refractivity contribution >= 4 is 38.9 Å². The molecule has 14 heteroatoms. The van der Waals surface area contributed by atoms with Crippen LogP contribution >= 0.6 is 11.3 Å². The standard InChI is InChI=1S/C25H35N5O7S2/c1-4-10-25(24(33)29-26,39(3,34)35)19-9-8-16(2)14-17(19)18(15-28-22(32)23-27-11-13-38-23)21(31)30-37-20-7-5-6-12-36-20/h8-9,11,13-14,18,20H,4-7,10,12,15,26H2,1-3H3,(H,28,32)(H,29,33)(H,30,31)/t18-,20?,25+/m0/s1. The molecule has 0 bridgehead atoms. The summed E-state index contributed by atoms with van der Waals surface area (Å²) in [5.74, 6) is 2.26. The van der Waals surface area contributed by atoms with E-state index in [9.17, 15) is 22.8 Å². The van der Waals surface area contributed by atoms with E-state index < -0.39 is 44.5 Å². The van der Waals surface area contributed by atoms with Gasteiger partial charge in [-0.05, 0) is 37.3 Å². The summed E-state index contributed by atoms with van der Waals surface area (Å²) in [6.45, 7) is 3.78. The number of thiazole rings is 1. The average Bonchev–Trinajstić information content (AvgIpc) is 3.46. The molecule has 3 amide bonds. The molecule has 1 aromatic heterocycles. The van der Waals surface area contributed by atoms with E-state index >= 15 is 0 Å². The van der Waals surface area contributed by atoms with E-state index in [2.05, 4.69) is 15.8 Å². The van der Waals surface area contributed by atoms with E-state index in [1.807, 2.05) is 5.43 Å². The molecule has 1 fully saturated rings. The number of ether oxygens (including phenoxy) is 1. The number of hydrazine groups is 1. The number of amides is 3. The first-order valence-electron chi connectivity index (χ1n) is 12.6. The number of nitrogens with two attached hydrogens (primary N) is 1. The number of sulfone groups is 1. The molecule has 3 rings (SSSR count). The summed E-state index contributed by atoms with van der Waals surface area (Å²) in [5.41, 5.74) is 5.47. The maximum absolute atomic E-state index is 13.6. The van der Waals surface area contributed by atoms with Gasteiger partial charge < -0.3 is 10.1 Å². The Labute approximate surface area is 231 Å². The number of rotatable bonds is 12. The highest BCUT2D eigenvalue weighted by Gasteiger charge is 2.51. The minimum absolute atomic E-state index is 0.0862. The van der Waals surface area contributed by atoms with Gasteiger partial charge >= 0.3 is 0 Å². The highest BCUT2D eigenvalue weighted by molar-refractivity contribution is 7.92. The molecule has 1 aromatic carbocycles. The monoisotopic (exact) mass is 581 g/mol. The molecule has 39 heavy (non-hydrogen) atoms. The van der Waals surface area contributed by atoms with Crippen molar-refractivity contribution in [2.24, 2.45) is 5.84 Å². The van der Waals surface area contributed by atoms with Crippen molar-refractivity contribution in [2.45, 2.75) is 62.9 Å². The van der Waals surface area contributed by atoms with Crippen molar-refractivity contribution in [3.05, 3.63) is 51.5 Å². The second-order valence-corrected chi connectivity index (χ2v) is 12.5. The van der Waals surface area contributed by atoms with Gasteiger partial charge in [0.05, 0.1) is 5.92 Å². The van der Waals surface area contributed by atoms with Gasteiger partial charge in [0.1, 0.15) is 0 Å². The molecule has 0 radical (unpaired) electrons. The fourth-order valence-corrected chi connectivity index (χ4v) is 6.79. The Kier molecular flexibility index (Phi) is 10.6. The maximum Gasteiger partial charge on any atom is 0.280 e. The quantitative estimate of drug-likeness (QED) is 0.164. The Balaban J connectivity index is 2.09. The number of carbonyl (C=O) groups excluding carboxylic acids is 3. The number of hydroxylamine groups is 1. The lowest BCUT2D eigenvalue weighted by molar-refractivity contribution is -0.201. The van der Waals surface area contributed by atoms with E-state index in [0.29, 0.717) is 25.0 Å². The van der Waals surface area contributed by atoms with Crippen LogP contribution in [-0.2, 0) is 33.7 Å². The molecule has 0 aliphatic carbocycles. The zero-order valence-corrected chi connectivity index (χ0v) is 23.8. The normalized spacial score (nSPS) is 18.0. The number of nitrogens with one attached hydrogen (secondary N) is 3. The van der Waals surface area contributed by atoms with Gasteiger partial charge in [-0.25, -0.2) is 29.6 Å². The Morgan fingerprint density at radius 2 is 2.08 bits per heavy atom. The Morgan fingerprint density at radius 3 is 2.67 bits per heavy atom. The summed E-state index contributed by atoms with van der Waals surface area (Å²) >= 11 is 1.13. The summed E-state index contributed by atoms with van der Waals surface area (Å²) in [6, 6.07) is 4.81. The van der Waals surface area contributed by atoms with Crippen LogP contribution in [0.15, 0.2) is 29.8 Å². The number of nitrogens with zero attached hydrogens (tertiary/aromatic N) is 1. The van der Waals surface area contributed by atoms with Crippen LogP contribution in [-0.4, -0.2) is 56.8 Å². The number of hydrogen-bond acceptors (Lipinski definition) is 10. The van der Waals surface area contributed by atoms with Gasteiger partial charge in [-0.3, -0.25) is 19.8 Å². The van der Waals surface area contributed by atoms with Gasteiger partial charge in [-0.1, -0.05) is 37.1 Å². The third-order valence-corrected chi connectivity index (χ3v) is 9.24. The lowest BCUT2D eigenvalue weighted by Crippen LogP contribution is -2.53. The van der Waals surface area contributed by atoms with Gasteiger partial charge in [0.15, 0.2) is 25.9 Å². The molecule has 2 heterocycles. The third-order valence-electron chi connectivity index (χ3n) is 6.59. The summed E-state index contributed by atoms with van der Waals surface area (Å²) in [4.78, 5) is 49.0. The molecule has 12 nitrogen and oxygen atoms in total. The van der Waals surface area contributed by atoms with Crippen molar-refractivity contribution in [3.8, 4) is 0 Å². The maximum atomic E-state index is 13.6. The van der Waals surface area contributed by atoms with Crippen molar-refractivity contribution in [3.63, 3.8) is 0 Å². The molecule has 2 aromatic rings. The molecule has 3 atom stereocenters. The van der Waals surface area contributed by atoms with Crippen molar-refractivity contribution < 1.29 is 32.4 Å². The zero-order chi connectivity index (χ0) is 28.6. The summed E-state index contributed by atoms with van der Waals surface area (Å²) in [5, 5.41) is 4.55. The third kappa shape index (κ3) is 7.00. The van der Waals surface area contributed by atoms with Crippen LogP contribution in [0.5, 0.6) is 0 Å². The van der Waals surface area contributed by atoms with Crippen molar-refractivity contribution in [1.82, 2.24) is 21.2 Å². The second-order valence-electron chi connectivity index (χ2n) is 9.39. The molecule has 214 valence electrons. The predicted octanol–water partition coefficient (Wildman–Crippen LogP) is 1.57. The minimum atomic E-state index is -4.11. The van der Waals surface area contributed by atoms with E-state index in [1.54, 1.807) is 31.4 Å². The van der Waals surface area contributed by atoms with Crippen molar-refractivity contribution in [2.75, 3.05) is 19.4 Å². The SMILES string of the molecule is CCC[C@](C(=O)NN)(c1ccc(C)cc1[C@H](CNC(=O)c1nccs1)C(=O)NOC1CCCCO1)S(C)(=O)=O. The van der Waals surface area contributed by atoms with E-state index in [-0.39, 0.29) is 29.1 Å². The van der Waals surface area contributed by atoms with Gasteiger partial charge in [0, 0.05) is 37.4 Å². The first-order chi connectivity index (χ1) is 18.5. The number of hydrogen-bond donors (Lipinski definition) is 4. The summed E-state index contributed by atoms with van der Waals surface area (Å²) in [7, 11) is -4.11. The van der Waals surface area contributed by atoms with Gasteiger partial charge in [-0.2, -0.15) is 0 Å². The van der Waals surface area contributed by atoms with E-state index in [0.717, 1.165) is 30.4 Å². The molecule has 1 aliphatic rings.